The van der Waals surface area contributed by atoms with Gasteiger partial charge in [-0.15, -0.1) is 0 Å². The van der Waals surface area contributed by atoms with Crippen LogP contribution in [0.3, 0.4) is 0 Å². The van der Waals surface area contributed by atoms with Gasteiger partial charge in [0.25, 0.3) is 0 Å². The molecule has 0 aliphatic heterocycles. The van der Waals surface area contributed by atoms with Gasteiger partial charge in [-0.25, -0.2) is 0 Å². The van der Waals surface area contributed by atoms with Gasteiger partial charge in [-0.1, -0.05) is 151 Å². The van der Waals surface area contributed by atoms with Crippen LogP contribution in [-0.2, 0) is 28.6 Å². The molecular weight excluding hydrogens is 624 g/mol. The zero-order valence-electron chi connectivity index (χ0n) is 32.1. The monoisotopic (exact) mass is 697 g/mol. The van der Waals surface area contributed by atoms with E-state index in [0.29, 0.717) is 19.3 Å². The van der Waals surface area contributed by atoms with Crippen LogP contribution in [0.2, 0.25) is 0 Å². The van der Waals surface area contributed by atoms with Crippen molar-refractivity contribution in [3.63, 3.8) is 0 Å². The molecule has 0 rings (SSSR count). The highest BCUT2D eigenvalue weighted by Crippen LogP contribution is 2.11. The van der Waals surface area contributed by atoms with E-state index in [4.69, 9.17) is 14.2 Å². The van der Waals surface area contributed by atoms with Crippen molar-refractivity contribution in [1.29, 1.82) is 0 Å². The Morgan fingerprint density at radius 2 is 0.840 bits per heavy atom. The lowest BCUT2D eigenvalue weighted by Gasteiger charge is -2.18. The fourth-order valence-corrected chi connectivity index (χ4v) is 4.94. The van der Waals surface area contributed by atoms with Crippen molar-refractivity contribution in [2.75, 3.05) is 13.2 Å². The van der Waals surface area contributed by atoms with Gasteiger partial charge in [0.1, 0.15) is 13.2 Å². The first-order chi connectivity index (χ1) is 24.5. The number of allylic oxidation sites excluding steroid dienone is 12. The van der Waals surface area contributed by atoms with Crippen LogP contribution in [0.1, 0.15) is 168 Å². The fourth-order valence-electron chi connectivity index (χ4n) is 4.94. The molecule has 6 heteroatoms. The zero-order valence-corrected chi connectivity index (χ0v) is 32.1. The Hall–Kier alpha value is -3.15. The first-order valence-corrected chi connectivity index (χ1v) is 19.9. The summed E-state index contributed by atoms with van der Waals surface area (Å²) in [5.41, 5.74) is 0. The SMILES string of the molecule is CC/C=C\C/C=C\C/C=C\C/C=C\CCC(=O)OC(COC(=O)CCCCCCC)COC(=O)CCCCCCC/C=C\C/C=C\CCCC. The van der Waals surface area contributed by atoms with Crippen molar-refractivity contribution in [2.24, 2.45) is 0 Å². The molecular formula is C44H72O6. The average Bonchev–Trinajstić information content (AvgIpc) is 3.11. The van der Waals surface area contributed by atoms with E-state index in [2.05, 4.69) is 81.5 Å². The summed E-state index contributed by atoms with van der Waals surface area (Å²) in [7, 11) is 0. The molecule has 0 aromatic carbocycles. The zero-order chi connectivity index (χ0) is 36.6. The molecule has 0 radical (unpaired) electrons. The molecule has 50 heavy (non-hydrogen) atoms. The summed E-state index contributed by atoms with van der Waals surface area (Å²) < 4.78 is 16.4. The third-order valence-corrected chi connectivity index (χ3v) is 7.96. The van der Waals surface area contributed by atoms with E-state index in [9.17, 15) is 14.4 Å². The molecule has 284 valence electrons. The van der Waals surface area contributed by atoms with Crippen LogP contribution < -0.4 is 0 Å². The Labute approximate surface area is 306 Å². The largest absolute Gasteiger partial charge is 0.462 e. The van der Waals surface area contributed by atoms with Crippen LogP contribution >= 0.6 is 0 Å². The standard InChI is InChI=1S/C44H72O6/c1-4-7-10-13-15-17-19-21-23-24-26-28-31-34-37-43(46)49-40-41(39-48-42(45)36-33-30-12-9-6-3)50-44(47)38-35-32-29-27-25-22-20-18-16-14-11-8-5-2/h8,11,13,15-16,18-19,21-22,25,29,32,41H,4-7,9-10,12,14,17,20,23-24,26-28,30-31,33-40H2,1-3H3/b11-8-,15-13-,18-16-,21-19-,25-22-,32-29-. The van der Waals surface area contributed by atoms with Gasteiger partial charge < -0.3 is 14.2 Å². The topological polar surface area (TPSA) is 78.9 Å². The molecule has 6 nitrogen and oxygen atoms in total. The second-order valence-electron chi connectivity index (χ2n) is 12.8. The first-order valence-electron chi connectivity index (χ1n) is 19.9. The van der Waals surface area contributed by atoms with Crippen molar-refractivity contribution < 1.29 is 28.6 Å². The van der Waals surface area contributed by atoms with Crippen LogP contribution in [0.15, 0.2) is 72.9 Å². The maximum atomic E-state index is 12.6. The van der Waals surface area contributed by atoms with Crippen molar-refractivity contribution >= 4 is 17.9 Å². The molecule has 0 heterocycles. The number of ether oxygens (including phenoxy) is 3. The van der Waals surface area contributed by atoms with E-state index in [-0.39, 0.29) is 31.6 Å². The molecule has 0 aliphatic carbocycles. The molecule has 0 aliphatic rings. The lowest BCUT2D eigenvalue weighted by atomic mass is 10.1. The minimum absolute atomic E-state index is 0.111. The van der Waals surface area contributed by atoms with Gasteiger partial charge >= 0.3 is 17.9 Å². The number of esters is 3. The summed E-state index contributed by atoms with van der Waals surface area (Å²) in [5, 5.41) is 0. The Bertz CT molecular complexity index is 986. The number of hydrogen-bond donors (Lipinski definition) is 0. The molecule has 0 aromatic heterocycles. The van der Waals surface area contributed by atoms with Gasteiger partial charge in [-0.05, 0) is 70.6 Å². The van der Waals surface area contributed by atoms with Gasteiger partial charge in [0, 0.05) is 19.3 Å². The molecule has 1 atom stereocenters. The van der Waals surface area contributed by atoms with Gasteiger partial charge in [-0.2, -0.15) is 0 Å². The quantitative estimate of drug-likeness (QED) is 0.0288. The van der Waals surface area contributed by atoms with Crippen LogP contribution in [0.25, 0.3) is 0 Å². The third kappa shape index (κ3) is 36.1. The maximum absolute atomic E-state index is 12.6. The Kier molecular flexibility index (Phi) is 36.2. The van der Waals surface area contributed by atoms with E-state index in [0.717, 1.165) is 103 Å². The summed E-state index contributed by atoms with van der Waals surface area (Å²) in [6.07, 6.45) is 46.4. The summed E-state index contributed by atoms with van der Waals surface area (Å²) >= 11 is 0. The van der Waals surface area contributed by atoms with Crippen molar-refractivity contribution in [3.05, 3.63) is 72.9 Å². The summed E-state index contributed by atoms with van der Waals surface area (Å²) in [6, 6.07) is 0. The number of unbranched alkanes of at least 4 members (excludes halogenated alkanes) is 11. The van der Waals surface area contributed by atoms with Gasteiger partial charge in [-0.3, -0.25) is 14.4 Å². The Balaban J connectivity index is 4.43. The van der Waals surface area contributed by atoms with Crippen molar-refractivity contribution in [3.8, 4) is 0 Å². The van der Waals surface area contributed by atoms with Crippen LogP contribution in [-0.4, -0.2) is 37.2 Å². The third-order valence-electron chi connectivity index (χ3n) is 7.96. The molecule has 0 saturated heterocycles. The molecule has 0 spiro atoms. The van der Waals surface area contributed by atoms with E-state index in [1.54, 1.807) is 0 Å². The highest BCUT2D eigenvalue weighted by Gasteiger charge is 2.19. The van der Waals surface area contributed by atoms with Crippen LogP contribution in [0, 0.1) is 0 Å². The lowest BCUT2D eigenvalue weighted by molar-refractivity contribution is -0.166. The highest BCUT2D eigenvalue weighted by molar-refractivity contribution is 5.71. The normalized spacial score (nSPS) is 12.8. The van der Waals surface area contributed by atoms with Crippen molar-refractivity contribution in [1.82, 2.24) is 0 Å². The summed E-state index contributed by atoms with van der Waals surface area (Å²) in [4.78, 5) is 37.3. The van der Waals surface area contributed by atoms with Crippen LogP contribution in [0.4, 0.5) is 0 Å². The highest BCUT2D eigenvalue weighted by atomic mass is 16.6. The van der Waals surface area contributed by atoms with E-state index >= 15 is 0 Å². The second kappa shape index (κ2) is 38.6. The smallest absolute Gasteiger partial charge is 0.306 e. The molecule has 0 fully saturated rings. The number of carbonyl (C=O) groups excluding carboxylic acids is 3. The predicted octanol–water partition coefficient (Wildman–Crippen LogP) is 12.4. The minimum Gasteiger partial charge on any atom is -0.462 e. The Morgan fingerprint density at radius 1 is 0.420 bits per heavy atom. The lowest BCUT2D eigenvalue weighted by Crippen LogP contribution is -2.30. The molecule has 0 saturated carbocycles. The average molecular weight is 697 g/mol. The predicted molar refractivity (Wildman–Crippen MR) is 210 cm³/mol. The van der Waals surface area contributed by atoms with Crippen molar-refractivity contribution in [2.45, 2.75) is 175 Å². The van der Waals surface area contributed by atoms with E-state index in [1.807, 2.05) is 12.2 Å². The van der Waals surface area contributed by atoms with E-state index < -0.39 is 12.1 Å². The molecule has 0 bridgehead atoms. The minimum atomic E-state index is -0.812. The molecule has 1 unspecified atom stereocenters. The summed E-state index contributed by atoms with van der Waals surface area (Å²) in [6.45, 7) is 6.28. The van der Waals surface area contributed by atoms with Gasteiger partial charge in [0.05, 0.1) is 0 Å². The molecule has 0 N–H and O–H groups in total. The number of hydrogen-bond acceptors (Lipinski definition) is 6. The fraction of sp³-hybridized carbons (Fsp3) is 0.659. The summed E-state index contributed by atoms with van der Waals surface area (Å²) in [5.74, 6) is -1.03. The number of rotatable bonds is 34. The second-order valence-corrected chi connectivity index (χ2v) is 12.8. The van der Waals surface area contributed by atoms with Gasteiger partial charge in [0.2, 0.25) is 0 Å². The molecule has 0 aromatic rings. The van der Waals surface area contributed by atoms with Gasteiger partial charge in [0.15, 0.2) is 6.10 Å². The molecule has 0 amide bonds. The Morgan fingerprint density at radius 3 is 1.36 bits per heavy atom. The van der Waals surface area contributed by atoms with Crippen LogP contribution in [0.5, 0.6) is 0 Å². The maximum Gasteiger partial charge on any atom is 0.306 e. The van der Waals surface area contributed by atoms with E-state index in [1.165, 1.54) is 19.3 Å². The number of carbonyl (C=O) groups is 3. The first kappa shape index (κ1) is 46.9.